The van der Waals surface area contributed by atoms with Gasteiger partial charge >= 0.3 is 6.01 Å². The van der Waals surface area contributed by atoms with Gasteiger partial charge in [0, 0.05) is 0 Å². The second-order valence-corrected chi connectivity index (χ2v) is 6.84. The molecule has 0 amide bonds. The van der Waals surface area contributed by atoms with Crippen molar-refractivity contribution in [2.24, 2.45) is 23.2 Å². The Balaban J connectivity index is 1.63. The SMILES string of the molecule is CC1(C)C2CCC(COc3nc(Cl)nc(Cl)n3)C1C2. The molecule has 0 radical (unpaired) electrons. The van der Waals surface area contributed by atoms with E-state index in [0.29, 0.717) is 17.9 Å². The first-order valence-corrected chi connectivity index (χ1v) is 7.42. The van der Waals surface area contributed by atoms with Crippen molar-refractivity contribution in [1.29, 1.82) is 0 Å². The van der Waals surface area contributed by atoms with E-state index in [4.69, 9.17) is 27.9 Å². The van der Waals surface area contributed by atoms with Crippen LogP contribution in [0.2, 0.25) is 10.6 Å². The van der Waals surface area contributed by atoms with Gasteiger partial charge in [-0.25, -0.2) is 0 Å². The van der Waals surface area contributed by atoms with Crippen molar-refractivity contribution in [3.63, 3.8) is 0 Å². The molecule has 0 aliphatic heterocycles. The third-order valence-corrected chi connectivity index (χ3v) is 5.33. The lowest BCUT2D eigenvalue weighted by atomic mass is 9.46. The molecular formula is C13H17Cl2N3O. The van der Waals surface area contributed by atoms with Gasteiger partial charge in [-0.3, -0.25) is 0 Å². The molecule has 3 atom stereocenters. The summed E-state index contributed by atoms with van der Waals surface area (Å²) in [6.45, 7) is 5.38. The zero-order valence-electron chi connectivity index (χ0n) is 11.1. The molecule has 0 spiro atoms. The van der Waals surface area contributed by atoms with Crippen molar-refractivity contribution in [3.8, 4) is 6.01 Å². The van der Waals surface area contributed by atoms with Crippen LogP contribution in [0.15, 0.2) is 0 Å². The number of hydrogen-bond acceptors (Lipinski definition) is 4. The highest BCUT2D eigenvalue weighted by Gasteiger charge is 2.54. The van der Waals surface area contributed by atoms with Gasteiger partial charge in [0.25, 0.3) is 0 Å². The van der Waals surface area contributed by atoms with Crippen LogP contribution in [-0.2, 0) is 0 Å². The van der Waals surface area contributed by atoms with Crippen LogP contribution in [0, 0.1) is 23.2 Å². The summed E-state index contributed by atoms with van der Waals surface area (Å²) in [5, 5.41) is 0.144. The van der Waals surface area contributed by atoms with Gasteiger partial charge in [0.2, 0.25) is 10.6 Å². The molecule has 4 rings (SSSR count). The molecule has 6 heteroatoms. The second-order valence-electron chi connectivity index (χ2n) is 6.16. The van der Waals surface area contributed by atoms with Gasteiger partial charge in [-0.05, 0) is 65.6 Å². The lowest BCUT2D eigenvalue weighted by molar-refractivity contribution is -0.114. The lowest BCUT2D eigenvalue weighted by Crippen LogP contribution is -2.53. The highest BCUT2D eigenvalue weighted by Crippen LogP contribution is 2.61. The molecule has 19 heavy (non-hydrogen) atoms. The van der Waals surface area contributed by atoms with Crippen LogP contribution in [0.3, 0.4) is 0 Å². The average molecular weight is 302 g/mol. The van der Waals surface area contributed by atoms with Crippen molar-refractivity contribution in [2.75, 3.05) is 6.61 Å². The van der Waals surface area contributed by atoms with E-state index >= 15 is 0 Å². The third-order valence-electron chi connectivity index (χ3n) is 4.99. The van der Waals surface area contributed by atoms with Crippen LogP contribution >= 0.6 is 23.2 Å². The summed E-state index contributed by atoms with van der Waals surface area (Å²) in [5.41, 5.74) is 0.459. The first-order valence-electron chi connectivity index (χ1n) is 6.66. The van der Waals surface area contributed by atoms with Gasteiger partial charge in [0.15, 0.2) is 0 Å². The van der Waals surface area contributed by atoms with Gasteiger partial charge in [0.1, 0.15) is 0 Å². The molecule has 3 fully saturated rings. The Bertz CT molecular complexity index is 473. The smallest absolute Gasteiger partial charge is 0.322 e. The molecule has 3 saturated carbocycles. The summed E-state index contributed by atoms with van der Waals surface area (Å²) < 4.78 is 5.66. The van der Waals surface area contributed by atoms with Gasteiger partial charge in [-0.2, -0.15) is 15.0 Å². The van der Waals surface area contributed by atoms with Crippen molar-refractivity contribution < 1.29 is 4.74 Å². The molecule has 4 nitrogen and oxygen atoms in total. The fourth-order valence-corrected chi connectivity index (χ4v) is 4.07. The molecule has 0 aromatic carbocycles. The number of fused-ring (bicyclic) bond motifs is 2. The van der Waals surface area contributed by atoms with Crippen LogP contribution in [0.25, 0.3) is 0 Å². The Labute approximate surface area is 122 Å². The zero-order chi connectivity index (χ0) is 13.6. The number of aromatic nitrogens is 3. The van der Waals surface area contributed by atoms with Crippen LogP contribution in [-0.4, -0.2) is 21.6 Å². The quantitative estimate of drug-likeness (QED) is 0.855. The fraction of sp³-hybridized carbons (Fsp3) is 0.769. The first-order chi connectivity index (χ1) is 8.96. The van der Waals surface area contributed by atoms with Crippen molar-refractivity contribution in [2.45, 2.75) is 33.1 Å². The van der Waals surface area contributed by atoms with Gasteiger partial charge in [-0.1, -0.05) is 13.8 Å². The van der Waals surface area contributed by atoms with Gasteiger partial charge in [-0.15, -0.1) is 0 Å². The van der Waals surface area contributed by atoms with E-state index in [1.807, 2.05) is 0 Å². The molecule has 1 heterocycles. The largest absolute Gasteiger partial charge is 0.463 e. The number of halogens is 2. The highest BCUT2D eigenvalue weighted by molar-refractivity contribution is 6.31. The Morgan fingerprint density at radius 2 is 1.84 bits per heavy atom. The second kappa shape index (κ2) is 4.74. The lowest BCUT2D eigenvalue weighted by Gasteiger charge is -2.60. The van der Waals surface area contributed by atoms with Gasteiger partial charge in [0.05, 0.1) is 6.61 Å². The molecule has 3 aliphatic carbocycles. The summed E-state index contributed by atoms with van der Waals surface area (Å²) in [4.78, 5) is 11.6. The molecule has 0 N–H and O–H groups in total. The zero-order valence-corrected chi connectivity index (χ0v) is 12.6. The van der Waals surface area contributed by atoms with E-state index < -0.39 is 0 Å². The summed E-state index contributed by atoms with van der Waals surface area (Å²) >= 11 is 11.5. The third kappa shape index (κ3) is 2.40. The standard InChI is InChI=1S/C13H17Cl2N3O/c1-13(2)8-4-3-7(9(13)5-8)6-19-12-17-10(14)16-11(15)18-12/h7-9H,3-6H2,1-2H3. The molecule has 1 aromatic heterocycles. The Morgan fingerprint density at radius 1 is 1.16 bits per heavy atom. The predicted octanol–water partition coefficient (Wildman–Crippen LogP) is 3.63. The summed E-state index contributed by atoms with van der Waals surface area (Å²) in [5.74, 6) is 2.23. The predicted molar refractivity (Wildman–Crippen MR) is 73.4 cm³/mol. The minimum Gasteiger partial charge on any atom is -0.463 e. The number of hydrogen-bond donors (Lipinski definition) is 0. The van der Waals surface area contributed by atoms with Crippen molar-refractivity contribution in [3.05, 3.63) is 10.6 Å². The van der Waals surface area contributed by atoms with Crippen molar-refractivity contribution >= 4 is 23.2 Å². The van der Waals surface area contributed by atoms with E-state index in [-0.39, 0.29) is 16.6 Å². The van der Waals surface area contributed by atoms with E-state index in [1.165, 1.54) is 19.3 Å². The topological polar surface area (TPSA) is 47.9 Å². The molecule has 3 unspecified atom stereocenters. The Morgan fingerprint density at radius 3 is 2.42 bits per heavy atom. The molecule has 3 aliphatic rings. The number of nitrogens with zero attached hydrogens (tertiary/aromatic N) is 3. The molecule has 1 aromatic rings. The Hall–Kier alpha value is -0.610. The van der Waals surface area contributed by atoms with E-state index in [0.717, 1.165) is 11.8 Å². The summed E-state index contributed by atoms with van der Waals surface area (Å²) in [6.07, 6.45) is 3.86. The maximum Gasteiger partial charge on any atom is 0.322 e. The van der Waals surface area contributed by atoms with Crippen LogP contribution in [0.5, 0.6) is 6.01 Å². The number of rotatable bonds is 3. The molecule has 0 saturated heterocycles. The first kappa shape index (κ1) is 13.4. The molecule has 104 valence electrons. The van der Waals surface area contributed by atoms with Crippen LogP contribution < -0.4 is 4.74 Å². The maximum atomic E-state index is 5.73. The van der Waals surface area contributed by atoms with Crippen LogP contribution in [0.4, 0.5) is 0 Å². The van der Waals surface area contributed by atoms with Crippen molar-refractivity contribution in [1.82, 2.24) is 15.0 Å². The summed E-state index contributed by atoms with van der Waals surface area (Å²) in [6, 6.07) is 0.226. The monoisotopic (exact) mass is 301 g/mol. The summed E-state index contributed by atoms with van der Waals surface area (Å²) in [7, 11) is 0. The van der Waals surface area contributed by atoms with E-state index in [1.54, 1.807) is 0 Å². The average Bonchev–Trinajstić information content (AvgIpc) is 2.35. The van der Waals surface area contributed by atoms with Gasteiger partial charge < -0.3 is 4.74 Å². The maximum absolute atomic E-state index is 5.73. The highest BCUT2D eigenvalue weighted by atomic mass is 35.5. The van der Waals surface area contributed by atoms with E-state index in [2.05, 4.69) is 28.8 Å². The van der Waals surface area contributed by atoms with E-state index in [9.17, 15) is 0 Å². The minimum absolute atomic E-state index is 0.0719. The molecule has 2 bridgehead atoms. The number of ether oxygens (including phenoxy) is 1. The Kier molecular flexibility index (Phi) is 3.34. The molecular weight excluding hydrogens is 285 g/mol. The minimum atomic E-state index is 0.0719. The normalized spacial score (nSPS) is 31.7. The van der Waals surface area contributed by atoms with Crippen LogP contribution in [0.1, 0.15) is 33.1 Å². The fourth-order valence-electron chi connectivity index (χ4n) is 3.72.